The lowest BCUT2D eigenvalue weighted by molar-refractivity contribution is 0.253. The summed E-state index contributed by atoms with van der Waals surface area (Å²) in [6, 6.07) is 10.6. The largest absolute Gasteiger partial charge is 0.329 e. The Morgan fingerprint density at radius 1 is 1.14 bits per heavy atom. The molecule has 0 bridgehead atoms. The fourth-order valence-corrected chi connectivity index (χ4v) is 2.94. The molecule has 0 saturated heterocycles. The van der Waals surface area contributed by atoms with Gasteiger partial charge in [0.05, 0.1) is 0 Å². The molecule has 0 spiro atoms. The van der Waals surface area contributed by atoms with Crippen molar-refractivity contribution in [2.45, 2.75) is 12.5 Å². The second-order valence-electron chi connectivity index (χ2n) is 5.01. The molecular weight excluding hydrogens is 394 g/mol. The summed E-state index contributed by atoms with van der Waals surface area (Å²) in [6.45, 7) is 1.56. The molecule has 2 rings (SSSR count). The van der Waals surface area contributed by atoms with Crippen LogP contribution < -0.4 is 5.73 Å². The molecule has 0 fully saturated rings. The van der Waals surface area contributed by atoms with Gasteiger partial charge in [-0.25, -0.2) is 0 Å². The van der Waals surface area contributed by atoms with Gasteiger partial charge in [-0.2, -0.15) is 0 Å². The molecule has 112 valence electrons. The summed E-state index contributed by atoms with van der Waals surface area (Å²) < 4.78 is 2.11. The first-order chi connectivity index (χ1) is 10.1. The summed E-state index contributed by atoms with van der Waals surface area (Å²) in [4.78, 5) is 6.35. The van der Waals surface area contributed by atoms with Crippen molar-refractivity contribution in [1.29, 1.82) is 0 Å². The molecule has 1 atom stereocenters. The van der Waals surface area contributed by atoms with Crippen LogP contribution in [0.25, 0.3) is 0 Å². The van der Waals surface area contributed by atoms with Gasteiger partial charge in [0, 0.05) is 40.5 Å². The SMILES string of the molecule is CN(CCc1ccncc1)C(CN)c1ccc(Br)c(Br)c1. The van der Waals surface area contributed by atoms with Crippen LogP contribution >= 0.6 is 31.9 Å². The van der Waals surface area contributed by atoms with Crippen molar-refractivity contribution in [2.24, 2.45) is 5.73 Å². The van der Waals surface area contributed by atoms with Gasteiger partial charge in [0.2, 0.25) is 0 Å². The van der Waals surface area contributed by atoms with E-state index in [0.29, 0.717) is 6.54 Å². The third-order valence-corrected chi connectivity index (χ3v) is 5.47. The third kappa shape index (κ3) is 4.61. The van der Waals surface area contributed by atoms with E-state index in [1.54, 1.807) is 0 Å². The van der Waals surface area contributed by atoms with Crippen LogP contribution in [-0.4, -0.2) is 30.0 Å². The van der Waals surface area contributed by atoms with E-state index >= 15 is 0 Å². The van der Waals surface area contributed by atoms with Crippen molar-refractivity contribution in [3.8, 4) is 0 Å². The zero-order valence-electron chi connectivity index (χ0n) is 12.0. The number of aromatic nitrogens is 1. The Morgan fingerprint density at radius 2 is 1.86 bits per heavy atom. The molecule has 0 aliphatic rings. The summed E-state index contributed by atoms with van der Waals surface area (Å²) in [7, 11) is 2.12. The minimum Gasteiger partial charge on any atom is -0.329 e. The first-order valence-electron chi connectivity index (χ1n) is 6.86. The summed E-state index contributed by atoms with van der Waals surface area (Å²) in [6.07, 6.45) is 4.66. The van der Waals surface area contributed by atoms with Gasteiger partial charge < -0.3 is 5.73 Å². The topological polar surface area (TPSA) is 42.2 Å². The van der Waals surface area contributed by atoms with Crippen LogP contribution in [0, 0.1) is 0 Å². The molecule has 1 heterocycles. The second-order valence-corrected chi connectivity index (χ2v) is 6.72. The number of hydrogen-bond acceptors (Lipinski definition) is 3. The first-order valence-corrected chi connectivity index (χ1v) is 8.44. The average molecular weight is 413 g/mol. The first kappa shape index (κ1) is 16.6. The molecule has 0 aliphatic heterocycles. The maximum absolute atomic E-state index is 5.98. The lowest BCUT2D eigenvalue weighted by Gasteiger charge is -2.27. The maximum Gasteiger partial charge on any atom is 0.0467 e. The van der Waals surface area contributed by atoms with E-state index < -0.39 is 0 Å². The Labute approximate surface area is 142 Å². The molecule has 0 aliphatic carbocycles. The number of rotatable bonds is 6. The van der Waals surface area contributed by atoms with Crippen LogP contribution in [0.1, 0.15) is 17.2 Å². The molecule has 1 unspecified atom stereocenters. The molecule has 0 radical (unpaired) electrons. The second kappa shape index (κ2) is 8.03. The molecule has 2 aromatic rings. The lowest BCUT2D eigenvalue weighted by atomic mass is 10.1. The van der Waals surface area contributed by atoms with Gasteiger partial charge in [0.25, 0.3) is 0 Å². The Kier molecular flexibility index (Phi) is 6.36. The molecule has 1 aromatic heterocycles. The number of hydrogen-bond donors (Lipinski definition) is 1. The third-order valence-electron chi connectivity index (χ3n) is 3.59. The summed E-state index contributed by atoms with van der Waals surface area (Å²) in [5.74, 6) is 0. The highest BCUT2D eigenvalue weighted by Gasteiger charge is 2.16. The summed E-state index contributed by atoms with van der Waals surface area (Å²) >= 11 is 7.06. The van der Waals surface area contributed by atoms with Crippen molar-refractivity contribution in [3.05, 3.63) is 62.8 Å². The number of pyridine rings is 1. The standard InChI is InChI=1S/C16H19Br2N3/c1-21(9-6-12-4-7-20-8-5-12)16(11-19)13-2-3-14(17)15(18)10-13/h2-5,7-8,10,16H,6,9,11,19H2,1H3. The molecule has 0 amide bonds. The lowest BCUT2D eigenvalue weighted by Crippen LogP contribution is -2.32. The van der Waals surface area contributed by atoms with Gasteiger partial charge in [-0.1, -0.05) is 6.07 Å². The molecule has 21 heavy (non-hydrogen) atoms. The van der Waals surface area contributed by atoms with Crippen molar-refractivity contribution < 1.29 is 0 Å². The summed E-state index contributed by atoms with van der Waals surface area (Å²) in [5.41, 5.74) is 8.51. The van der Waals surface area contributed by atoms with E-state index in [2.05, 4.69) is 79.1 Å². The van der Waals surface area contributed by atoms with Crippen LogP contribution in [0.5, 0.6) is 0 Å². The Hall–Kier alpha value is -0.750. The van der Waals surface area contributed by atoms with Gasteiger partial charge in [0.15, 0.2) is 0 Å². The van der Waals surface area contributed by atoms with Gasteiger partial charge >= 0.3 is 0 Å². The predicted octanol–water partition coefficient (Wildman–Crippen LogP) is 3.78. The number of likely N-dealkylation sites (N-methyl/N-ethyl adjacent to an activating group) is 1. The van der Waals surface area contributed by atoms with E-state index in [0.717, 1.165) is 21.9 Å². The highest BCUT2D eigenvalue weighted by atomic mass is 79.9. The quantitative estimate of drug-likeness (QED) is 0.784. The van der Waals surface area contributed by atoms with Crippen LogP contribution in [0.3, 0.4) is 0 Å². The molecular formula is C16H19Br2N3. The molecule has 1 aromatic carbocycles. The zero-order chi connectivity index (χ0) is 15.2. The van der Waals surface area contributed by atoms with Crippen LogP contribution in [-0.2, 0) is 6.42 Å². The van der Waals surface area contributed by atoms with Crippen molar-refractivity contribution in [3.63, 3.8) is 0 Å². The minimum absolute atomic E-state index is 0.219. The van der Waals surface area contributed by atoms with E-state index in [1.807, 2.05) is 12.4 Å². The van der Waals surface area contributed by atoms with E-state index in [9.17, 15) is 0 Å². The van der Waals surface area contributed by atoms with E-state index in [-0.39, 0.29) is 6.04 Å². The fourth-order valence-electron chi connectivity index (χ4n) is 2.30. The maximum atomic E-state index is 5.98. The van der Waals surface area contributed by atoms with Gasteiger partial charge in [0.1, 0.15) is 0 Å². The van der Waals surface area contributed by atoms with Crippen LogP contribution in [0.4, 0.5) is 0 Å². The fraction of sp³-hybridized carbons (Fsp3) is 0.312. The Bertz CT molecular complexity index is 575. The monoisotopic (exact) mass is 411 g/mol. The van der Waals surface area contributed by atoms with Gasteiger partial charge in [-0.3, -0.25) is 9.88 Å². The molecule has 5 heteroatoms. The smallest absolute Gasteiger partial charge is 0.0467 e. The number of nitrogens with zero attached hydrogens (tertiary/aromatic N) is 2. The highest BCUT2D eigenvalue weighted by molar-refractivity contribution is 9.13. The zero-order valence-corrected chi connectivity index (χ0v) is 15.1. The Balaban J connectivity index is 2.04. The highest BCUT2D eigenvalue weighted by Crippen LogP contribution is 2.28. The predicted molar refractivity (Wildman–Crippen MR) is 94.2 cm³/mol. The van der Waals surface area contributed by atoms with Crippen molar-refractivity contribution in [1.82, 2.24) is 9.88 Å². The average Bonchev–Trinajstić information content (AvgIpc) is 2.50. The van der Waals surface area contributed by atoms with E-state index in [4.69, 9.17) is 5.73 Å². The van der Waals surface area contributed by atoms with Crippen molar-refractivity contribution >= 4 is 31.9 Å². The molecule has 0 saturated carbocycles. The molecule has 3 nitrogen and oxygen atoms in total. The van der Waals surface area contributed by atoms with Gasteiger partial charge in [-0.05, 0) is 80.7 Å². The number of halogens is 2. The van der Waals surface area contributed by atoms with Crippen LogP contribution in [0.15, 0.2) is 51.7 Å². The van der Waals surface area contributed by atoms with Crippen LogP contribution in [0.2, 0.25) is 0 Å². The Morgan fingerprint density at radius 3 is 2.48 bits per heavy atom. The number of benzene rings is 1. The number of nitrogens with two attached hydrogens (primary N) is 1. The van der Waals surface area contributed by atoms with Gasteiger partial charge in [-0.15, -0.1) is 0 Å². The van der Waals surface area contributed by atoms with E-state index in [1.165, 1.54) is 11.1 Å². The summed E-state index contributed by atoms with van der Waals surface area (Å²) in [5, 5.41) is 0. The van der Waals surface area contributed by atoms with Crippen molar-refractivity contribution in [2.75, 3.05) is 20.1 Å². The minimum atomic E-state index is 0.219. The normalized spacial score (nSPS) is 12.6. The molecule has 2 N–H and O–H groups in total.